The van der Waals surface area contributed by atoms with Crippen molar-refractivity contribution in [1.82, 2.24) is 10.9 Å². The van der Waals surface area contributed by atoms with Crippen molar-refractivity contribution in [2.24, 2.45) is 5.92 Å². The van der Waals surface area contributed by atoms with Crippen molar-refractivity contribution in [2.75, 3.05) is 7.11 Å². The Kier molecular flexibility index (Phi) is 6.10. The Morgan fingerprint density at radius 2 is 1.75 bits per heavy atom. The molecule has 0 aliphatic heterocycles. The van der Waals surface area contributed by atoms with Gasteiger partial charge in [0.2, 0.25) is 0 Å². The molecule has 9 nitrogen and oxygen atoms in total. The maximum absolute atomic E-state index is 11.7. The Hall–Kier alpha value is -2.20. The molecule has 0 unspecified atom stereocenters. The van der Waals surface area contributed by atoms with Gasteiger partial charge in [0.25, 0.3) is 0 Å². The number of aliphatic hydroxyl groups excluding tert-OH is 3. The van der Waals surface area contributed by atoms with Gasteiger partial charge in [0, 0.05) is 0 Å². The highest BCUT2D eigenvalue weighted by molar-refractivity contribution is 5.75. The van der Waals surface area contributed by atoms with Crippen molar-refractivity contribution in [1.29, 1.82) is 0 Å². The molecule has 0 radical (unpaired) electrons. The van der Waals surface area contributed by atoms with Gasteiger partial charge in [-0.1, -0.05) is 30.3 Å². The van der Waals surface area contributed by atoms with E-state index in [0.717, 1.165) is 12.7 Å². The van der Waals surface area contributed by atoms with E-state index >= 15 is 0 Å². The third kappa shape index (κ3) is 4.01. The van der Waals surface area contributed by atoms with Gasteiger partial charge in [-0.15, -0.1) is 0 Å². The maximum atomic E-state index is 11.7. The van der Waals surface area contributed by atoms with Crippen molar-refractivity contribution in [3.05, 3.63) is 35.9 Å². The average Bonchev–Trinajstić information content (AvgIpc) is 2.82. The molecule has 1 amide bonds. The van der Waals surface area contributed by atoms with Gasteiger partial charge in [-0.3, -0.25) is 10.2 Å². The van der Waals surface area contributed by atoms with E-state index in [0.29, 0.717) is 0 Å². The number of nitrogens with one attached hydrogen (secondary N) is 2. The van der Waals surface area contributed by atoms with Crippen LogP contribution in [0.2, 0.25) is 0 Å². The zero-order valence-electron chi connectivity index (χ0n) is 13.0. The van der Waals surface area contributed by atoms with Crippen molar-refractivity contribution in [3.8, 4) is 0 Å². The number of methoxy groups -OCH3 is 1. The van der Waals surface area contributed by atoms with E-state index in [2.05, 4.69) is 15.6 Å². The smallest absolute Gasteiger partial charge is 0.421 e. The molecule has 0 heterocycles. The molecule has 1 aliphatic carbocycles. The lowest BCUT2D eigenvalue weighted by molar-refractivity contribution is -0.150. The maximum Gasteiger partial charge on any atom is 0.421 e. The number of amides is 1. The van der Waals surface area contributed by atoms with Gasteiger partial charge in [-0.05, 0) is 5.56 Å². The van der Waals surface area contributed by atoms with Crippen LogP contribution in [0.5, 0.6) is 0 Å². The molecule has 5 atom stereocenters. The van der Waals surface area contributed by atoms with E-state index in [-0.39, 0.29) is 6.61 Å². The Balaban J connectivity index is 1.89. The summed E-state index contributed by atoms with van der Waals surface area (Å²) in [6.45, 7) is 0.0350. The number of benzene rings is 1. The predicted octanol–water partition coefficient (Wildman–Crippen LogP) is -1.33. The number of aliphatic hydroxyl groups is 3. The van der Waals surface area contributed by atoms with Gasteiger partial charge in [-0.2, -0.15) is 0 Å². The minimum absolute atomic E-state index is 0.0350. The molecular formula is C15H20N2O7. The second kappa shape index (κ2) is 8.06. The third-order valence-corrected chi connectivity index (χ3v) is 3.85. The molecule has 0 saturated heterocycles. The highest BCUT2D eigenvalue weighted by atomic mass is 16.6. The SMILES string of the molecule is COC(=O)[C@@H]1[C@@H](O)[C@H](O)[C@H](O)[C@H]1NNC(=O)OCc1ccccc1. The lowest BCUT2D eigenvalue weighted by atomic mass is 10.0. The van der Waals surface area contributed by atoms with Crippen LogP contribution < -0.4 is 10.9 Å². The molecule has 1 aliphatic rings. The molecule has 0 spiro atoms. The number of ether oxygens (including phenoxy) is 2. The molecule has 5 N–H and O–H groups in total. The molecule has 0 bridgehead atoms. The van der Waals surface area contributed by atoms with Crippen LogP contribution in [0.3, 0.4) is 0 Å². The minimum atomic E-state index is -1.55. The monoisotopic (exact) mass is 340 g/mol. The predicted molar refractivity (Wildman–Crippen MR) is 80.2 cm³/mol. The fraction of sp³-hybridized carbons (Fsp3) is 0.467. The molecule has 2 rings (SSSR count). The topological polar surface area (TPSA) is 137 Å². The van der Waals surface area contributed by atoms with Crippen LogP contribution in [0.4, 0.5) is 4.79 Å². The molecule has 132 valence electrons. The fourth-order valence-corrected chi connectivity index (χ4v) is 2.55. The normalized spacial score (nSPS) is 29.1. The summed E-state index contributed by atoms with van der Waals surface area (Å²) in [4.78, 5) is 23.4. The van der Waals surface area contributed by atoms with Crippen LogP contribution >= 0.6 is 0 Å². The van der Waals surface area contributed by atoms with Crippen LogP contribution in [0, 0.1) is 5.92 Å². The summed E-state index contributed by atoms with van der Waals surface area (Å²) in [7, 11) is 1.12. The summed E-state index contributed by atoms with van der Waals surface area (Å²) < 4.78 is 9.50. The summed E-state index contributed by atoms with van der Waals surface area (Å²) in [5, 5.41) is 29.4. The van der Waals surface area contributed by atoms with E-state index < -0.39 is 42.3 Å². The van der Waals surface area contributed by atoms with Crippen molar-refractivity contribution >= 4 is 12.1 Å². The van der Waals surface area contributed by atoms with Gasteiger partial charge < -0.3 is 24.8 Å². The number of hydrogen-bond acceptors (Lipinski definition) is 8. The minimum Gasteiger partial charge on any atom is -0.469 e. The van der Waals surface area contributed by atoms with Crippen molar-refractivity contribution < 1.29 is 34.4 Å². The second-order valence-corrected chi connectivity index (χ2v) is 5.38. The summed E-state index contributed by atoms with van der Waals surface area (Å²) >= 11 is 0. The average molecular weight is 340 g/mol. The van der Waals surface area contributed by atoms with E-state index in [1.807, 2.05) is 6.07 Å². The number of carbonyl (C=O) groups excluding carboxylic acids is 2. The zero-order valence-corrected chi connectivity index (χ0v) is 13.0. The Morgan fingerprint density at radius 3 is 2.38 bits per heavy atom. The summed E-state index contributed by atoms with van der Waals surface area (Å²) in [6, 6.07) is 7.85. The van der Waals surface area contributed by atoms with Crippen LogP contribution in [-0.2, 0) is 20.9 Å². The lowest BCUT2D eigenvalue weighted by Crippen LogP contribution is -2.53. The number of rotatable bonds is 5. The first-order chi connectivity index (χ1) is 11.5. The van der Waals surface area contributed by atoms with Crippen LogP contribution in [0.15, 0.2) is 30.3 Å². The Morgan fingerprint density at radius 1 is 1.08 bits per heavy atom. The number of esters is 1. The van der Waals surface area contributed by atoms with E-state index in [9.17, 15) is 24.9 Å². The van der Waals surface area contributed by atoms with Crippen LogP contribution in [0.25, 0.3) is 0 Å². The standard InChI is InChI=1S/C15H20N2O7/c1-23-14(21)9-10(12(19)13(20)11(9)18)16-17-15(22)24-7-8-5-3-2-4-6-8/h2-6,9-13,16,18-20H,7H2,1H3,(H,17,22)/t9-,10-,11+,12+,13-/m0/s1. The van der Waals surface area contributed by atoms with Gasteiger partial charge >= 0.3 is 12.1 Å². The molecular weight excluding hydrogens is 320 g/mol. The molecule has 1 aromatic rings. The Labute approximate surface area is 138 Å². The zero-order chi connectivity index (χ0) is 17.7. The molecule has 0 aromatic heterocycles. The Bertz CT molecular complexity index is 568. The van der Waals surface area contributed by atoms with Crippen LogP contribution in [-0.4, -0.2) is 58.8 Å². The van der Waals surface area contributed by atoms with E-state index in [1.54, 1.807) is 24.3 Å². The number of carbonyl (C=O) groups is 2. The van der Waals surface area contributed by atoms with Crippen molar-refractivity contribution in [2.45, 2.75) is 31.0 Å². The quantitative estimate of drug-likeness (QED) is 0.328. The largest absolute Gasteiger partial charge is 0.469 e. The molecule has 24 heavy (non-hydrogen) atoms. The highest BCUT2D eigenvalue weighted by Gasteiger charge is 2.53. The summed E-state index contributed by atoms with van der Waals surface area (Å²) in [5.41, 5.74) is 5.36. The summed E-state index contributed by atoms with van der Waals surface area (Å²) in [5.74, 6) is -2.07. The van der Waals surface area contributed by atoms with Crippen LogP contribution in [0.1, 0.15) is 5.56 Å². The van der Waals surface area contributed by atoms with Gasteiger partial charge in [0.15, 0.2) is 0 Å². The fourth-order valence-electron chi connectivity index (χ4n) is 2.55. The molecule has 1 saturated carbocycles. The molecule has 1 fully saturated rings. The van der Waals surface area contributed by atoms with E-state index in [1.165, 1.54) is 0 Å². The van der Waals surface area contributed by atoms with Gasteiger partial charge in [0.1, 0.15) is 24.7 Å². The third-order valence-electron chi connectivity index (χ3n) is 3.85. The molecule has 1 aromatic carbocycles. The van der Waals surface area contributed by atoms with E-state index in [4.69, 9.17) is 4.74 Å². The highest BCUT2D eigenvalue weighted by Crippen LogP contribution is 2.28. The van der Waals surface area contributed by atoms with Gasteiger partial charge in [-0.25, -0.2) is 10.2 Å². The number of hydrogen-bond donors (Lipinski definition) is 5. The first-order valence-corrected chi connectivity index (χ1v) is 7.30. The number of hydrazine groups is 1. The second-order valence-electron chi connectivity index (χ2n) is 5.38. The first kappa shape index (κ1) is 18.1. The molecule has 9 heteroatoms. The summed E-state index contributed by atoms with van der Waals surface area (Å²) in [6.07, 6.45) is -5.38. The van der Waals surface area contributed by atoms with Crippen molar-refractivity contribution in [3.63, 3.8) is 0 Å². The lowest BCUT2D eigenvalue weighted by Gasteiger charge is -2.22. The van der Waals surface area contributed by atoms with Gasteiger partial charge in [0.05, 0.1) is 19.3 Å². The first-order valence-electron chi connectivity index (χ1n) is 7.30.